The van der Waals surface area contributed by atoms with Crippen LogP contribution in [0.15, 0.2) is 63.6 Å². The lowest BCUT2D eigenvalue weighted by atomic mass is 10.2. The van der Waals surface area contributed by atoms with Gasteiger partial charge in [0.05, 0.1) is 13.7 Å². The summed E-state index contributed by atoms with van der Waals surface area (Å²) < 4.78 is 11.5. The Hall–Kier alpha value is -2.93. The zero-order valence-electron chi connectivity index (χ0n) is 14.9. The van der Waals surface area contributed by atoms with Gasteiger partial charge in [0.25, 0.3) is 0 Å². The fraction of sp³-hybridized carbons (Fsp3) is 0.150. The van der Waals surface area contributed by atoms with Gasteiger partial charge in [-0.25, -0.2) is 0 Å². The molecule has 0 spiro atoms. The minimum Gasteiger partial charge on any atom is -0.496 e. The highest BCUT2D eigenvalue weighted by Gasteiger charge is 2.13. The maximum Gasteiger partial charge on any atom is 0.246 e. The number of hydrogen-bond acceptors (Lipinski definition) is 5. The van der Waals surface area contributed by atoms with Crippen molar-refractivity contribution in [3.8, 4) is 17.1 Å². The molecule has 27 heavy (non-hydrogen) atoms. The summed E-state index contributed by atoms with van der Waals surface area (Å²) in [6, 6.07) is 15.1. The highest BCUT2D eigenvalue weighted by atomic mass is 79.9. The highest BCUT2D eigenvalue weighted by Crippen LogP contribution is 2.21. The van der Waals surface area contributed by atoms with E-state index in [9.17, 15) is 4.79 Å². The Labute approximate surface area is 165 Å². The zero-order valence-corrected chi connectivity index (χ0v) is 16.5. The Bertz CT molecular complexity index is 968. The molecule has 3 rings (SSSR count). The number of aromatic nitrogens is 2. The average Bonchev–Trinajstić information content (AvgIpc) is 3.14. The number of ether oxygens (including phenoxy) is 1. The number of carbonyl (C=O) groups excluding carboxylic acids is 1. The van der Waals surface area contributed by atoms with Crippen LogP contribution in [0.4, 0.5) is 0 Å². The van der Waals surface area contributed by atoms with Crippen LogP contribution in [0.25, 0.3) is 17.5 Å². The molecule has 6 nitrogen and oxygen atoms in total. The van der Waals surface area contributed by atoms with E-state index in [0.29, 0.717) is 17.5 Å². The molecule has 0 radical (unpaired) electrons. The SMILES string of the molecule is COc1ccccc1/C=C/C(=O)N(C)Cc1nc(-c2cccc(Br)c2)no1. The molecule has 3 aromatic rings. The van der Waals surface area contributed by atoms with Gasteiger partial charge in [0.2, 0.25) is 17.6 Å². The van der Waals surface area contributed by atoms with Crippen molar-refractivity contribution in [3.63, 3.8) is 0 Å². The quantitative estimate of drug-likeness (QED) is 0.551. The maximum absolute atomic E-state index is 12.3. The van der Waals surface area contributed by atoms with Crippen LogP contribution in [0.1, 0.15) is 11.5 Å². The van der Waals surface area contributed by atoms with Gasteiger partial charge in [0, 0.05) is 28.7 Å². The summed E-state index contributed by atoms with van der Waals surface area (Å²) in [5, 5.41) is 3.98. The number of hydrogen-bond donors (Lipinski definition) is 0. The van der Waals surface area contributed by atoms with Gasteiger partial charge >= 0.3 is 0 Å². The predicted octanol–water partition coefficient (Wildman–Crippen LogP) is 4.18. The Morgan fingerprint density at radius 1 is 1.26 bits per heavy atom. The van der Waals surface area contributed by atoms with Crippen LogP contribution >= 0.6 is 15.9 Å². The maximum atomic E-state index is 12.3. The van der Waals surface area contributed by atoms with Crippen molar-refractivity contribution in [2.24, 2.45) is 0 Å². The summed E-state index contributed by atoms with van der Waals surface area (Å²) >= 11 is 3.42. The molecule has 1 heterocycles. The van der Waals surface area contributed by atoms with Crippen molar-refractivity contribution in [1.29, 1.82) is 0 Å². The minimum atomic E-state index is -0.178. The number of nitrogens with zero attached hydrogens (tertiary/aromatic N) is 3. The van der Waals surface area contributed by atoms with Crippen molar-refractivity contribution < 1.29 is 14.1 Å². The first-order chi connectivity index (χ1) is 13.1. The van der Waals surface area contributed by atoms with Crippen molar-refractivity contribution >= 4 is 27.9 Å². The van der Waals surface area contributed by atoms with E-state index in [2.05, 4.69) is 26.1 Å². The van der Waals surface area contributed by atoms with E-state index in [1.165, 1.54) is 11.0 Å². The fourth-order valence-electron chi connectivity index (χ4n) is 2.44. The van der Waals surface area contributed by atoms with Crippen molar-refractivity contribution in [2.45, 2.75) is 6.54 Å². The fourth-order valence-corrected chi connectivity index (χ4v) is 2.84. The molecule has 0 bridgehead atoms. The normalized spacial score (nSPS) is 10.9. The topological polar surface area (TPSA) is 68.5 Å². The number of amides is 1. The zero-order chi connectivity index (χ0) is 19.2. The van der Waals surface area contributed by atoms with Gasteiger partial charge in [0.15, 0.2) is 0 Å². The molecule has 0 atom stereocenters. The Balaban J connectivity index is 1.66. The van der Waals surface area contributed by atoms with Crippen molar-refractivity contribution in [1.82, 2.24) is 15.0 Å². The molecule has 0 aliphatic rings. The van der Waals surface area contributed by atoms with Gasteiger partial charge in [-0.15, -0.1) is 0 Å². The average molecular weight is 428 g/mol. The predicted molar refractivity (Wildman–Crippen MR) is 106 cm³/mol. The van der Waals surface area contributed by atoms with Crippen molar-refractivity contribution in [3.05, 3.63) is 70.5 Å². The van der Waals surface area contributed by atoms with Gasteiger partial charge in [-0.1, -0.05) is 51.4 Å². The number of rotatable bonds is 6. The second-order valence-electron chi connectivity index (χ2n) is 5.79. The Morgan fingerprint density at radius 2 is 2.07 bits per heavy atom. The van der Waals surface area contributed by atoms with Crippen LogP contribution in [0, 0.1) is 0 Å². The summed E-state index contributed by atoms with van der Waals surface area (Å²) in [4.78, 5) is 18.2. The first-order valence-corrected chi connectivity index (χ1v) is 9.01. The third-order valence-corrected chi connectivity index (χ3v) is 4.34. The summed E-state index contributed by atoms with van der Waals surface area (Å²) in [5.41, 5.74) is 1.67. The Morgan fingerprint density at radius 3 is 2.85 bits per heavy atom. The van der Waals surface area contributed by atoms with E-state index in [4.69, 9.17) is 9.26 Å². The molecule has 0 N–H and O–H groups in total. The largest absolute Gasteiger partial charge is 0.496 e. The first-order valence-electron chi connectivity index (χ1n) is 8.21. The lowest BCUT2D eigenvalue weighted by Crippen LogP contribution is -2.24. The molecule has 0 fully saturated rings. The van der Waals surface area contributed by atoms with E-state index in [1.807, 2.05) is 48.5 Å². The van der Waals surface area contributed by atoms with Gasteiger partial charge in [-0.2, -0.15) is 4.98 Å². The highest BCUT2D eigenvalue weighted by molar-refractivity contribution is 9.10. The lowest BCUT2D eigenvalue weighted by molar-refractivity contribution is -0.125. The summed E-state index contributed by atoms with van der Waals surface area (Å²) in [5.74, 6) is 1.38. The molecule has 138 valence electrons. The standard InChI is InChI=1S/C20H18BrN3O3/c1-24(19(25)11-10-14-6-3-4-9-17(14)26-2)13-18-22-20(23-27-18)15-7-5-8-16(21)12-15/h3-12H,13H2,1-2H3/b11-10+. The Kier molecular flexibility index (Phi) is 6.03. The molecule has 1 amide bonds. The second kappa shape index (κ2) is 8.64. The van der Waals surface area contributed by atoms with Crippen LogP contribution in [0.3, 0.4) is 0 Å². The molecule has 7 heteroatoms. The first kappa shape index (κ1) is 18.8. The summed E-state index contributed by atoms with van der Waals surface area (Å²) in [6.07, 6.45) is 3.21. The summed E-state index contributed by atoms with van der Waals surface area (Å²) in [6.45, 7) is 0.218. The van der Waals surface area contributed by atoms with E-state index < -0.39 is 0 Å². The molecular formula is C20H18BrN3O3. The van der Waals surface area contributed by atoms with Crippen LogP contribution in [-0.2, 0) is 11.3 Å². The molecule has 0 aliphatic carbocycles. The van der Waals surface area contributed by atoms with Crippen LogP contribution in [-0.4, -0.2) is 35.1 Å². The minimum absolute atomic E-state index is 0.178. The number of methoxy groups -OCH3 is 1. The number of carbonyl (C=O) groups is 1. The smallest absolute Gasteiger partial charge is 0.246 e. The second-order valence-corrected chi connectivity index (χ2v) is 6.71. The van der Waals surface area contributed by atoms with E-state index in [0.717, 1.165) is 15.6 Å². The molecule has 0 unspecified atom stereocenters. The number of benzene rings is 2. The monoisotopic (exact) mass is 427 g/mol. The van der Waals surface area contributed by atoms with Gasteiger partial charge in [-0.3, -0.25) is 4.79 Å². The molecule has 0 saturated carbocycles. The van der Waals surface area contributed by atoms with Crippen molar-refractivity contribution in [2.75, 3.05) is 14.2 Å². The van der Waals surface area contributed by atoms with Gasteiger partial charge in [0.1, 0.15) is 5.75 Å². The molecular weight excluding hydrogens is 410 g/mol. The number of para-hydroxylation sites is 1. The molecule has 2 aromatic carbocycles. The third-order valence-electron chi connectivity index (χ3n) is 3.84. The van der Waals surface area contributed by atoms with Gasteiger partial charge in [-0.05, 0) is 24.3 Å². The molecule has 1 aromatic heterocycles. The van der Waals surface area contributed by atoms with Crippen LogP contribution < -0.4 is 4.74 Å². The number of halogens is 1. The van der Waals surface area contributed by atoms with Crippen LogP contribution in [0.2, 0.25) is 0 Å². The van der Waals surface area contributed by atoms with Gasteiger partial charge < -0.3 is 14.2 Å². The summed E-state index contributed by atoms with van der Waals surface area (Å²) in [7, 11) is 3.27. The van der Waals surface area contributed by atoms with E-state index in [-0.39, 0.29) is 12.5 Å². The third kappa shape index (κ3) is 4.83. The lowest BCUT2D eigenvalue weighted by Gasteiger charge is -2.12. The molecule has 0 saturated heterocycles. The molecule has 0 aliphatic heterocycles. The van der Waals surface area contributed by atoms with Crippen LogP contribution in [0.5, 0.6) is 5.75 Å². The van der Waals surface area contributed by atoms with E-state index >= 15 is 0 Å². The number of likely N-dealkylation sites (N-methyl/N-ethyl adjacent to an activating group) is 1. The van der Waals surface area contributed by atoms with E-state index in [1.54, 1.807) is 20.2 Å².